The Morgan fingerprint density at radius 1 is 1.11 bits per heavy atom. The molecule has 2 amide bonds. The molecule has 182 valence electrons. The van der Waals surface area contributed by atoms with Crippen LogP contribution in [-0.2, 0) is 40.9 Å². The van der Waals surface area contributed by atoms with Gasteiger partial charge in [0.05, 0.1) is 5.41 Å². The van der Waals surface area contributed by atoms with Crippen LogP contribution in [0.5, 0.6) is 0 Å². The maximum absolute atomic E-state index is 13.1. The second-order valence-electron chi connectivity index (χ2n) is 10.4. The number of hydrogen-bond donors (Lipinski definition) is 2. The number of rotatable bonds is 7. The molecule has 6 heteroatoms. The first-order valence-electron chi connectivity index (χ1n) is 13.1. The summed E-state index contributed by atoms with van der Waals surface area (Å²) >= 11 is 0. The molecule has 2 aliphatic heterocycles. The Morgan fingerprint density at radius 2 is 2.00 bits per heavy atom. The first-order valence-corrected chi connectivity index (χ1v) is 13.1. The maximum atomic E-state index is 13.1. The van der Waals surface area contributed by atoms with Gasteiger partial charge in [0.1, 0.15) is 6.54 Å². The lowest BCUT2D eigenvalue weighted by Gasteiger charge is -2.33. The number of para-hydroxylation sites is 1. The van der Waals surface area contributed by atoms with Crippen molar-refractivity contribution < 1.29 is 9.59 Å². The summed E-state index contributed by atoms with van der Waals surface area (Å²) in [4.78, 5) is 27.9. The minimum atomic E-state index is -0.320. The van der Waals surface area contributed by atoms with E-state index in [2.05, 4.69) is 62.6 Å². The molecule has 3 heterocycles. The van der Waals surface area contributed by atoms with Crippen LogP contribution in [0.1, 0.15) is 54.5 Å². The lowest BCUT2D eigenvalue weighted by molar-refractivity contribution is -0.122. The summed E-state index contributed by atoms with van der Waals surface area (Å²) < 4.78 is 2.21. The van der Waals surface area contributed by atoms with Gasteiger partial charge in [0.15, 0.2) is 0 Å². The van der Waals surface area contributed by atoms with E-state index in [0.717, 1.165) is 75.8 Å². The topological polar surface area (TPSA) is 66.4 Å². The summed E-state index contributed by atoms with van der Waals surface area (Å²) in [5.74, 6) is 0.243. The third-order valence-electron chi connectivity index (χ3n) is 8.52. The van der Waals surface area contributed by atoms with Gasteiger partial charge in [0.25, 0.3) is 0 Å². The molecule has 6 rings (SSSR count). The molecule has 0 bridgehead atoms. The Hall–Kier alpha value is -3.12. The zero-order chi connectivity index (χ0) is 24.0. The smallest absolute Gasteiger partial charge is 0.239 e. The van der Waals surface area contributed by atoms with Gasteiger partial charge in [-0.15, -0.1) is 0 Å². The number of likely N-dealkylation sites (N-methyl/N-ethyl adjacent to an activating group) is 1. The SMILES string of the molecule is CNC(=O)Cn1c2c(c3ccccc31)CCN(CCCCC13CCCc4cccc(c41)NC3=O)C2. The molecular weight excluding hydrogens is 436 g/mol. The molecule has 0 spiro atoms. The minimum absolute atomic E-state index is 0.0342. The molecule has 2 aromatic carbocycles. The summed E-state index contributed by atoms with van der Waals surface area (Å²) in [5.41, 5.74) is 7.20. The quantitative estimate of drug-likeness (QED) is 0.510. The molecule has 3 aromatic rings. The van der Waals surface area contributed by atoms with E-state index in [-0.39, 0.29) is 17.2 Å². The number of nitrogens with zero attached hydrogens (tertiary/aromatic N) is 2. The molecule has 0 saturated carbocycles. The Labute approximate surface area is 206 Å². The summed E-state index contributed by atoms with van der Waals surface area (Å²) in [6, 6.07) is 14.8. The van der Waals surface area contributed by atoms with E-state index >= 15 is 0 Å². The summed E-state index contributed by atoms with van der Waals surface area (Å²) in [5, 5.41) is 7.23. The van der Waals surface area contributed by atoms with Crippen LogP contribution in [-0.4, -0.2) is 41.4 Å². The average molecular weight is 471 g/mol. The number of unbranched alkanes of at least 4 members (excludes halogenated alkanes) is 1. The largest absolute Gasteiger partial charge is 0.358 e. The van der Waals surface area contributed by atoms with Gasteiger partial charge < -0.3 is 15.2 Å². The predicted octanol–water partition coefficient (Wildman–Crippen LogP) is 4.14. The van der Waals surface area contributed by atoms with E-state index in [1.54, 1.807) is 7.05 Å². The molecule has 1 atom stereocenters. The summed E-state index contributed by atoms with van der Waals surface area (Å²) in [6.07, 6.45) is 7.21. The first-order chi connectivity index (χ1) is 17.1. The number of aromatic nitrogens is 1. The van der Waals surface area contributed by atoms with Crippen LogP contribution in [0.3, 0.4) is 0 Å². The normalized spacial score (nSPS) is 21.0. The molecule has 1 aliphatic carbocycles. The maximum Gasteiger partial charge on any atom is 0.239 e. The third kappa shape index (κ3) is 3.66. The minimum Gasteiger partial charge on any atom is -0.358 e. The molecule has 0 fully saturated rings. The van der Waals surface area contributed by atoms with Gasteiger partial charge in [-0.3, -0.25) is 14.5 Å². The van der Waals surface area contributed by atoms with Crippen LogP contribution in [0.2, 0.25) is 0 Å². The fraction of sp³-hybridized carbons (Fsp3) is 0.448. The molecule has 6 nitrogen and oxygen atoms in total. The molecule has 2 N–H and O–H groups in total. The molecule has 3 aliphatic rings. The monoisotopic (exact) mass is 470 g/mol. The van der Waals surface area contributed by atoms with Crippen molar-refractivity contribution in [1.82, 2.24) is 14.8 Å². The first kappa shape index (κ1) is 22.4. The van der Waals surface area contributed by atoms with Crippen LogP contribution in [0.4, 0.5) is 5.69 Å². The number of anilines is 1. The molecule has 0 saturated heterocycles. The molecule has 1 unspecified atom stereocenters. The van der Waals surface area contributed by atoms with Crippen molar-refractivity contribution in [2.24, 2.45) is 0 Å². The van der Waals surface area contributed by atoms with E-state index in [4.69, 9.17) is 0 Å². The van der Waals surface area contributed by atoms with E-state index in [1.807, 2.05) is 0 Å². The van der Waals surface area contributed by atoms with Gasteiger partial charge in [-0.2, -0.15) is 0 Å². The highest BCUT2D eigenvalue weighted by Gasteiger charge is 2.48. The lowest BCUT2D eigenvalue weighted by Crippen LogP contribution is -2.37. The fourth-order valence-corrected chi connectivity index (χ4v) is 6.82. The number of amides is 2. The van der Waals surface area contributed by atoms with E-state index in [1.165, 1.54) is 27.8 Å². The van der Waals surface area contributed by atoms with Crippen molar-refractivity contribution in [1.29, 1.82) is 0 Å². The van der Waals surface area contributed by atoms with Crippen LogP contribution in [0.15, 0.2) is 42.5 Å². The van der Waals surface area contributed by atoms with Crippen molar-refractivity contribution in [3.63, 3.8) is 0 Å². The summed E-state index contributed by atoms with van der Waals surface area (Å²) in [6.45, 7) is 3.30. The van der Waals surface area contributed by atoms with Gasteiger partial charge in [0, 0.05) is 42.4 Å². The van der Waals surface area contributed by atoms with Crippen LogP contribution in [0, 0.1) is 0 Å². The van der Waals surface area contributed by atoms with Gasteiger partial charge >= 0.3 is 0 Å². The highest BCUT2D eigenvalue weighted by molar-refractivity contribution is 6.07. The van der Waals surface area contributed by atoms with E-state index in [0.29, 0.717) is 6.54 Å². The standard InChI is InChI=1S/C29H34N4O2/c1-30-26(34)19-33-24-12-3-2-10-21(24)22-13-17-32(18-25(22)33)16-5-4-14-29-15-7-9-20-8-6-11-23(27(20)29)31-28(29)35/h2-3,6,8,10-12H,4-5,7,9,13-19H2,1H3,(H,30,34)(H,31,35). The van der Waals surface area contributed by atoms with Crippen LogP contribution >= 0.6 is 0 Å². The second-order valence-corrected chi connectivity index (χ2v) is 10.4. The summed E-state index contributed by atoms with van der Waals surface area (Å²) in [7, 11) is 1.70. The van der Waals surface area contributed by atoms with Crippen molar-refractivity contribution in [2.45, 2.75) is 63.5 Å². The highest BCUT2D eigenvalue weighted by Crippen LogP contribution is 2.49. The Balaban J connectivity index is 1.14. The number of nitrogens with one attached hydrogen (secondary N) is 2. The van der Waals surface area contributed by atoms with Gasteiger partial charge in [-0.05, 0) is 73.9 Å². The second kappa shape index (κ2) is 8.83. The molecule has 1 aromatic heterocycles. The van der Waals surface area contributed by atoms with Crippen molar-refractivity contribution in [3.8, 4) is 0 Å². The lowest BCUT2D eigenvalue weighted by atomic mass is 9.68. The Kier molecular flexibility index (Phi) is 5.64. The predicted molar refractivity (Wildman–Crippen MR) is 139 cm³/mol. The van der Waals surface area contributed by atoms with Crippen molar-refractivity contribution in [2.75, 3.05) is 25.5 Å². The highest BCUT2D eigenvalue weighted by atomic mass is 16.2. The van der Waals surface area contributed by atoms with Crippen LogP contribution in [0.25, 0.3) is 10.9 Å². The number of aryl methyl sites for hydroxylation is 1. The zero-order valence-corrected chi connectivity index (χ0v) is 20.5. The van der Waals surface area contributed by atoms with Crippen molar-refractivity contribution >= 4 is 28.4 Å². The van der Waals surface area contributed by atoms with Crippen LogP contribution < -0.4 is 10.6 Å². The Morgan fingerprint density at radius 3 is 2.89 bits per heavy atom. The molecular formula is C29H34N4O2. The number of benzene rings is 2. The van der Waals surface area contributed by atoms with Gasteiger partial charge in [-0.25, -0.2) is 0 Å². The number of carbonyl (C=O) groups is 2. The average Bonchev–Trinajstić information content (AvgIpc) is 3.35. The zero-order valence-electron chi connectivity index (χ0n) is 20.5. The van der Waals surface area contributed by atoms with Gasteiger partial charge in [0.2, 0.25) is 11.8 Å². The van der Waals surface area contributed by atoms with E-state index < -0.39 is 0 Å². The molecule has 0 radical (unpaired) electrons. The number of hydrogen-bond acceptors (Lipinski definition) is 3. The Bertz CT molecular complexity index is 1310. The number of carbonyl (C=O) groups excluding carboxylic acids is 2. The fourth-order valence-electron chi connectivity index (χ4n) is 6.82. The van der Waals surface area contributed by atoms with E-state index in [9.17, 15) is 9.59 Å². The molecule has 35 heavy (non-hydrogen) atoms. The van der Waals surface area contributed by atoms with Gasteiger partial charge in [-0.1, -0.05) is 36.8 Å². The third-order valence-corrected chi connectivity index (χ3v) is 8.52. The number of fused-ring (bicyclic) bond motifs is 3. The van der Waals surface area contributed by atoms with Crippen molar-refractivity contribution in [3.05, 3.63) is 64.8 Å².